The van der Waals surface area contributed by atoms with Crippen LogP contribution in [0.5, 0.6) is 5.75 Å². The van der Waals surface area contributed by atoms with Crippen molar-refractivity contribution in [3.8, 4) is 11.4 Å². The van der Waals surface area contributed by atoms with Gasteiger partial charge in [-0.3, -0.25) is 4.57 Å². The number of aromatic nitrogens is 3. The lowest BCUT2D eigenvalue weighted by Gasteiger charge is -2.08. The summed E-state index contributed by atoms with van der Waals surface area (Å²) >= 11 is 6.07. The molecular formula is C11H13ClN4O. The van der Waals surface area contributed by atoms with E-state index in [1.54, 1.807) is 13.4 Å². The highest BCUT2D eigenvalue weighted by molar-refractivity contribution is 6.32. The third-order valence-electron chi connectivity index (χ3n) is 2.40. The summed E-state index contributed by atoms with van der Waals surface area (Å²) in [6.07, 6.45) is 2.31. The number of halogens is 1. The van der Waals surface area contributed by atoms with Gasteiger partial charge in [0.05, 0.1) is 17.8 Å². The van der Waals surface area contributed by atoms with Crippen LogP contribution in [0.15, 0.2) is 24.5 Å². The Balaban J connectivity index is 2.39. The monoisotopic (exact) mass is 252 g/mol. The first-order valence-electron chi connectivity index (χ1n) is 5.19. The zero-order valence-corrected chi connectivity index (χ0v) is 10.2. The van der Waals surface area contributed by atoms with Gasteiger partial charge in [0.2, 0.25) is 0 Å². The fourth-order valence-corrected chi connectivity index (χ4v) is 1.83. The second kappa shape index (κ2) is 5.16. The van der Waals surface area contributed by atoms with Gasteiger partial charge in [0, 0.05) is 6.42 Å². The minimum Gasteiger partial charge on any atom is -0.495 e. The van der Waals surface area contributed by atoms with Crippen LogP contribution in [0.25, 0.3) is 5.69 Å². The van der Waals surface area contributed by atoms with Crippen molar-refractivity contribution >= 4 is 11.6 Å². The van der Waals surface area contributed by atoms with Crippen LogP contribution < -0.4 is 10.5 Å². The van der Waals surface area contributed by atoms with E-state index in [1.165, 1.54) is 0 Å². The van der Waals surface area contributed by atoms with E-state index >= 15 is 0 Å². The van der Waals surface area contributed by atoms with Crippen molar-refractivity contribution in [2.45, 2.75) is 6.42 Å². The quantitative estimate of drug-likeness (QED) is 0.894. The molecule has 1 heterocycles. The summed E-state index contributed by atoms with van der Waals surface area (Å²) in [7, 11) is 1.58. The van der Waals surface area contributed by atoms with Crippen LogP contribution in [0.4, 0.5) is 0 Å². The number of ether oxygens (including phenoxy) is 1. The van der Waals surface area contributed by atoms with Crippen LogP contribution in [0.2, 0.25) is 5.02 Å². The molecule has 0 radical (unpaired) electrons. The third-order valence-corrected chi connectivity index (χ3v) is 2.70. The summed E-state index contributed by atoms with van der Waals surface area (Å²) in [5.41, 5.74) is 6.41. The van der Waals surface area contributed by atoms with Gasteiger partial charge in [-0.25, -0.2) is 0 Å². The number of hydrogen-bond acceptors (Lipinski definition) is 4. The first-order valence-corrected chi connectivity index (χ1v) is 5.57. The second-order valence-corrected chi connectivity index (χ2v) is 3.88. The van der Waals surface area contributed by atoms with E-state index in [4.69, 9.17) is 22.1 Å². The van der Waals surface area contributed by atoms with Crippen molar-refractivity contribution in [1.29, 1.82) is 0 Å². The average Bonchev–Trinajstić information content (AvgIpc) is 2.78. The van der Waals surface area contributed by atoms with Gasteiger partial charge in [-0.2, -0.15) is 0 Å². The molecule has 6 heteroatoms. The van der Waals surface area contributed by atoms with Gasteiger partial charge in [-0.05, 0) is 24.7 Å². The molecule has 0 fully saturated rings. The van der Waals surface area contributed by atoms with E-state index in [2.05, 4.69) is 10.2 Å². The van der Waals surface area contributed by atoms with Crippen LogP contribution in [-0.2, 0) is 6.42 Å². The summed E-state index contributed by atoms with van der Waals surface area (Å²) in [6, 6.07) is 5.52. The third kappa shape index (κ3) is 2.40. The average molecular weight is 253 g/mol. The Morgan fingerprint density at radius 2 is 2.29 bits per heavy atom. The molecule has 0 aliphatic rings. The number of methoxy groups -OCH3 is 1. The predicted molar refractivity (Wildman–Crippen MR) is 65.7 cm³/mol. The predicted octanol–water partition coefficient (Wildman–Crippen LogP) is 1.43. The van der Waals surface area contributed by atoms with Gasteiger partial charge >= 0.3 is 0 Å². The van der Waals surface area contributed by atoms with Gasteiger partial charge in [0.25, 0.3) is 0 Å². The molecule has 0 atom stereocenters. The molecule has 90 valence electrons. The lowest BCUT2D eigenvalue weighted by atomic mass is 10.3. The molecule has 0 aliphatic heterocycles. The zero-order valence-electron chi connectivity index (χ0n) is 9.43. The van der Waals surface area contributed by atoms with E-state index in [-0.39, 0.29) is 0 Å². The minimum atomic E-state index is 0.530. The SMILES string of the molecule is COc1ccc(-n2cnnc2CCN)cc1Cl. The molecule has 2 N–H and O–H groups in total. The van der Waals surface area contributed by atoms with E-state index in [9.17, 15) is 0 Å². The highest BCUT2D eigenvalue weighted by Gasteiger charge is 2.08. The highest BCUT2D eigenvalue weighted by atomic mass is 35.5. The van der Waals surface area contributed by atoms with Gasteiger partial charge in [0.1, 0.15) is 17.9 Å². The fourth-order valence-electron chi connectivity index (χ4n) is 1.58. The molecule has 5 nitrogen and oxygen atoms in total. The lowest BCUT2D eigenvalue weighted by Crippen LogP contribution is -2.08. The van der Waals surface area contributed by atoms with Crippen LogP contribution in [-0.4, -0.2) is 28.4 Å². The number of nitrogens with two attached hydrogens (primary N) is 1. The molecular weight excluding hydrogens is 240 g/mol. The van der Waals surface area contributed by atoms with Crippen molar-refractivity contribution in [3.63, 3.8) is 0 Å². The Morgan fingerprint density at radius 3 is 2.94 bits per heavy atom. The zero-order chi connectivity index (χ0) is 12.3. The Hall–Kier alpha value is -1.59. The fraction of sp³-hybridized carbons (Fsp3) is 0.273. The number of nitrogens with zero attached hydrogens (tertiary/aromatic N) is 3. The van der Waals surface area contributed by atoms with Crippen molar-refractivity contribution in [2.75, 3.05) is 13.7 Å². The van der Waals surface area contributed by atoms with E-state index < -0.39 is 0 Å². The van der Waals surface area contributed by atoms with E-state index in [0.29, 0.717) is 23.7 Å². The summed E-state index contributed by atoms with van der Waals surface area (Å²) in [5.74, 6) is 1.46. The molecule has 0 saturated heterocycles. The van der Waals surface area contributed by atoms with Crippen molar-refractivity contribution in [1.82, 2.24) is 14.8 Å². The van der Waals surface area contributed by atoms with Crippen molar-refractivity contribution < 1.29 is 4.74 Å². The summed E-state index contributed by atoms with van der Waals surface area (Å²) < 4.78 is 6.96. The van der Waals surface area contributed by atoms with Gasteiger partial charge in [0.15, 0.2) is 0 Å². The Morgan fingerprint density at radius 1 is 1.47 bits per heavy atom. The molecule has 17 heavy (non-hydrogen) atoms. The van der Waals surface area contributed by atoms with E-state index in [1.807, 2.05) is 22.8 Å². The number of hydrogen-bond donors (Lipinski definition) is 1. The summed E-state index contributed by atoms with van der Waals surface area (Å²) in [4.78, 5) is 0. The molecule has 2 rings (SSSR count). The second-order valence-electron chi connectivity index (χ2n) is 3.47. The van der Waals surface area contributed by atoms with Crippen LogP contribution in [0.3, 0.4) is 0 Å². The number of rotatable bonds is 4. The van der Waals surface area contributed by atoms with Crippen molar-refractivity contribution in [3.05, 3.63) is 35.4 Å². The van der Waals surface area contributed by atoms with Crippen LogP contribution in [0, 0.1) is 0 Å². The van der Waals surface area contributed by atoms with Gasteiger partial charge in [-0.1, -0.05) is 11.6 Å². The molecule has 2 aromatic rings. The minimum absolute atomic E-state index is 0.530. The molecule has 0 spiro atoms. The maximum Gasteiger partial charge on any atom is 0.138 e. The normalized spacial score (nSPS) is 10.5. The van der Waals surface area contributed by atoms with Crippen molar-refractivity contribution in [2.24, 2.45) is 5.73 Å². The Bertz CT molecular complexity index is 512. The molecule has 1 aromatic carbocycles. The summed E-state index contributed by atoms with van der Waals surface area (Å²) in [5, 5.41) is 8.44. The van der Waals surface area contributed by atoms with E-state index in [0.717, 1.165) is 11.5 Å². The van der Waals surface area contributed by atoms with Crippen LogP contribution in [0.1, 0.15) is 5.82 Å². The first kappa shape index (κ1) is 11.9. The molecule has 0 saturated carbocycles. The first-order chi connectivity index (χ1) is 8.26. The molecule has 0 bridgehead atoms. The molecule has 0 unspecified atom stereocenters. The van der Waals surface area contributed by atoms with Gasteiger partial charge < -0.3 is 10.5 Å². The molecule has 0 amide bonds. The standard InChI is InChI=1S/C11H13ClN4O/c1-17-10-3-2-8(6-9(10)12)16-7-14-15-11(16)4-5-13/h2-3,6-7H,4-5,13H2,1H3. The molecule has 1 aromatic heterocycles. The number of benzene rings is 1. The highest BCUT2D eigenvalue weighted by Crippen LogP contribution is 2.26. The molecule has 0 aliphatic carbocycles. The topological polar surface area (TPSA) is 66.0 Å². The maximum absolute atomic E-state index is 6.07. The Kier molecular flexibility index (Phi) is 3.61. The smallest absolute Gasteiger partial charge is 0.138 e. The maximum atomic E-state index is 6.07. The largest absolute Gasteiger partial charge is 0.495 e. The van der Waals surface area contributed by atoms with Gasteiger partial charge in [-0.15, -0.1) is 10.2 Å². The lowest BCUT2D eigenvalue weighted by molar-refractivity contribution is 0.415. The van der Waals surface area contributed by atoms with Crippen LogP contribution >= 0.6 is 11.6 Å². The summed E-state index contributed by atoms with van der Waals surface area (Å²) in [6.45, 7) is 0.530. The Labute approximate surface area is 104 Å².